The van der Waals surface area contributed by atoms with E-state index in [-0.39, 0.29) is 5.91 Å². The summed E-state index contributed by atoms with van der Waals surface area (Å²) in [7, 11) is 0. The Bertz CT molecular complexity index is 669. The largest absolute Gasteiger partial charge is 0.312 e. The number of nitrogens with zero attached hydrogens (tertiary/aromatic N) is 2. The van der Waals surface area contributed by atoms with Crippen LogP contribution in [0.5, 0.6) is 0 Å². The van der Waals surface area contributed by atoms with Crippen LogP contribution in [0.1, 0.15) is 30.9 Å². The number of aryl methyl sites for hydroxylation is 1. The second-order valence-electron chi connectivity index (χ2n) is 6.38. The van der Waals surface area contributed by atoms with Crippen molar-refractivity contribution in [1.82, 2.24) is 4.90 Å². The van der Waals surface area contributed by atoms with Crippen molar-refractivity contribution in [2.75, 3.05) is 24.5 Å². The molecule has 2 aromatic rings. The number of para-hydroxylation sites is 1. The Kier molecular flexibility index (Phi) is 5.65. The summed E-state index contributed by atoms with van der Waals surface area (Å²) in [6.07, 6.45) is 2.72. The lowest BCUT2D eigenvalue weighted by Gasteiger charge is -2.30. The van der Waals surface area contributed by atoms with Crippen LogP contribution in [-0.4, -0.2) is 30.4 Å². The highest BCUT2D eigenvalue weighted by Crippen LogP contribution is 2.27. The van der Waals surface area contributed by atoms with Crippen molar-refractivity contribution in [3.05, 3.63) is 65.7 Å². The van der Waals surface area contributed by atoms with Crippen LogP contribution >= 0.6 is 0 Å². The van der Waals surface area contributed by atoms with Gasteiger partial charge in [-0.25, -0.2) is 0 Å². The standard InChI is InChI=1S/C21H26N2O/c1-2-22(17-18-9-4-3-5-10-18)16-14-21(24)23-15-8-12-19-11-6-7-13-20(19)23/h3-7,9-11,13H,2,8,12,14-17H2,1H3. The maximum atomic E-state index is 12.7. The minimum atomic E-state index is 0.244. The molecule has 1 heterocycles. The van der Waals surface area contributed by atoms with Gasteiger partial charge in [-0.05, 0) is 36.6 Å². The molecule has 0 atom stereocenters. The Morgan fingerprint density at radius 3 is 2.62 bits per heavy atom. The third-order valence-corrected chi connectivity index (χ3v) is 4.75. The quantitative estimate of drug-likeness (QED) is 0.806. The number of benzene rings is 2. The molecule has 0 unspecified atom stereocenters. The van der Waals surface area contributed by atoms with E-state index >= 15 is 0 Å². The molecule has 0 aromatic heterocycles. The van der Waals surface area contributed by atoms with Gasteiger partial charge in [0.25, 0.3) is 0 Å². The van der Waals surface area contributed by atoms with Gasteiger partial charge in [-0.2, -0.15) is 0 Å². The molecule has 3 heteroatoms. The van der Waals surface area contributed by atoms with Crippen molar-refractivity contribution in [2.24, 2.45) is 0 Å². The van der Waals surface area contributed by atoms with E-state index in [0.29, 0.717) is 6.42 Å². The Balaban J connectivity index is 1.59. The molecule has 0 bridgehead atoms. The summed E-state index contributed by atoms with van der Waals surface area (Å²) < 4.78 is 0. The van der Waals surface area contributed by atoms with Crippen LogP contribution in [0.15, 0.2) is 54.6 Å². The summed E-state index contributed by atoms with van der Waals surface area (Å²) in [6, 6.07) is 18.8. The number of hydrogen-bond acceptors (Lipinski definition) is 2. The summed E-state index contributed by atoms with van der Waals surface area (Å²) in [5.74, 6) is 0.244. The third kappa shape index (κ3) is 4.04. The van der Waals surface area contributed by atoms with Gasteiger partial charge < -0.3 is 4.90 Å². The lowest BCUT2D eigenvalue weighted by Crippen LogP contribution is -2.37. The summed E-state index contributed by atoms with van der Waals surface area (Å²) in [4.78, 5) is 17.1. The second-order valence-corrected chi connectivity index (χ2v) is 6.38. The summed E-state index contributed by atoms with van der Waals surface area (Å²) in [5.41, 5.74) is 3.71. The van der Waals surface area contributed by atoms with Crippen LogP contribution in [0, 0.1) is 0 Å². The van der Waals surface area contributed by atoms with Crippen LogP contribution in [0.2, 0.25) is 0 Å². The molecular weight excluding hydrogens is 296 g/mol. The van der Waals surface area contributed by atoms with Crippen LogP contribution in [0.3, 0.4) is 0 Å². The van der Waals surface area contributed by atoms with Gasteiger partial charge in [-0.3, -0.25) is 9.69 Å². The Morgan fingerprint density at radius 2 is 1.83 bits per heavy atom. The maximum Gasteiger partial charge on any atom is 0.228 e. The van der Waals surface area contributed by atoms with Gasteiger partial charge in [0.15, 0.2) is 0 Å². The number of anilines is 1. The van der Waals surface area contributed by atoms with Crippen molar-refractivity contribution >= 4 is 11.6 Å². The Labute approximate surface area is 144 Å². The highest BCUT2D eigenvalue weighted by atomic mass is 16.2. The first-order valence-corrected chi connectivity index (χ1v) is 8.92. The molecule has 3 nitrogen and oxygen atoms in total. The average Bonchev–Trinajstić information content (AvgIpc) is 2.65. The predicted molar refractivity (Wildman–Crippen MR) is 99.1 cm³/mol. The Hall–Kier alpha value is -2.13. The fourth-order valence-electron chi connectivity index (χ4n) is 3.37. The molecule has 24 heavy (non-hydrogen) atoms. The monoisotopic (exact) mass is 322 g/mol. The van der Waals surface area contributed by atoms with Gasteiger partial charge in [0.2, 0.25) is 5.91 Å². The number of rotatable bonds is 6. The first-order valence-electron chi connectivity index (χ1n) is 8.92. The molecule has 2 aromatic carbocycles. The summed E-state index contributed by atoms with van der Waals surface area (Å²) in [6.45, 7) is 5.67. The molecule has 0 radical (unpaired) electrons. The number of carbonyl (C=O) groups is 1. The van der Waals surface area contributed by atoms with Gasteiger partial charge in [-0.1, -0.05) is 55.5 Å². The van der Waals surface area contributed by atoms with Gasteiger partial charge in [0.1, 0.15) is 0 Å². The molecule has 1 amide bonds. The molecular formula is C21H26N2O. The minimum Gasteiger partial charge on any atom is -0.312 e. The zero-order chi connectivity index (χ0) is 16.8. The molecule has 0 N–H and O–H groups in total. The highest BCUT2D eigenvalue weighted by Gasteiger charge is 2.22. The number of hydrogen-bond donors (Lipinski definition) is 0. The smallest absolute Gasteiger partial charge is 0.228 e. The molecule has 0 aliphatic carbocycles. The van der Waals surface area contributed by atoms with Crippen molar-refractivity contribution in [2.45, 2.75) is 32.7 Å². The van der Waals surface area contributed by atoms with E-state index in [2.05, 4.69) is 54.3 Å². The Morgan fingerprint density at radius 1 is 1.08 bits per heavy atom. The SMILES string of the molecule is CCN(CCC(=O)N1CCCc2ccccc21)Cc1ccccc1. The fourth-order valence-corrected chi connectivity index (χ4v) is 3.37. The van der Waals surface area contributed by atoms with Gasteiger partial charge in [-0.15, -0.1) is 0 Å². The topological polar surface area (TPSA) is 23.6 Å². The second kappa shape index (κ2) is 8.11. The van der Waals surface area contributed by atoms with Crippen molar-refractivity contribution < 1.29 is 4.79 Å². The third-order valence-electron chi connectivity index (χ3n) is 4.75. The van der Waals surface area contributed by atoms with E-state index in [1.54, 1.807) is 0 Å². The molecule has 1 aliphatic rings. The van der Waals surface area contributed by atoms with Gasteiger partial charge >= 0.3 is 0 Å². The first-order chi connectivity index (χ1) is 11.8. The normalized spacial score (nSPS) is 13.8. The highest BCUT2D eigenvalue weighted by molar-refractivity contribution is 5.94. The van der Waals surface area contributed by atoms with E-state index in [1.807, 2.05) is 17.0 Å². The molecule has 0 saturated heterocycles. The molecule has 0 spiro atoms. The zero-order valence-corrected chi connectivity index (χ0v) is 14.4. The van der Waals surface area contributed by atoms with E-state index in [1.165, 1.54) is 11.1 Å². The lowest BCUT2D eigenvalue weighted by atomic mass is 10.0. The predicted octanol–water partition coefficient (Wildman–Crippen LogP) is 3.88. The molecule has 1 aliphatic heterocycles. The van der Waals surface area contributed by atoms with E-state index in [9.17, 15) is 4.79 Å². The first kappa shape index (κ1) is 16.7. The van der Waals surface area contributed by atoms with Crippen LogP contribution in [0.4, 0.5) is 5.69 Å². The van der Waals surface area contributed by atoms with Crippen LogP contribution in [0.25, 0.3) is 0 Å². The molecule has 0 saturated carbocycles. The molecule has 3 rings (SSSR count). The molecule has 126 valence electrons. The van der Waals surface area contributed by atoms with Crippen LogP contribution in [-0.2, 0) is 17.8 Å². The van der Waals surface area contributed by atoms with Crippen molar-refractivity contribution in [3.63, 3.8) is 0 Å². The zero-order valence-electron chi connectivity index (χ0n) is 14.4. The molecule has 0 fully saturated rings. The van der Waals surface area contributed by atoms with E-state index < -0.39 is 0 Å². The van der Waals surface area contributed by atoms with Crippen molar-refractivity contribution in [1.29, 1.82) is 0 Å². The average molecular weight is 322 g/mol. The van der Waals surface area contributed by atoms with Crippen LogP contribution < -0.4 is 4.90 Å². The maximum absolute atomic E-state index is 12.7. The van der Waals surface area contributed by atoms with Crippen molar-refractivity contribution in [3.8, 4) is 0 Å². The minimum absolute atomic E-state index is 0.244. The number of amides is 1. The van der Waals surface area contributed by atoms with Gasteiger partial charge in [0.05, 0.1) is 0 Å². The summed E-state index contributed by atoms with van der Waals surface area (Å²) >= 11 is 0. The number of fused-ring (bicyclic) bond motifs is 1. The van der Waals surface area contributed by atoms with E-state index in [0.717, 1.165) is 44.7 Å². The lowest BCUT2D eigenvalue weighted by molar-refractivity contribution is -0.119. The fraction of sp³-hybridized carbons (Fsp3) is 0.381. The summed E-state index contributed by atoms with van der Waals surface area (Å²) in [5, 5.41) is 0. The van der Waals surface area contributed by atoms with Gasteiger partial charge in [0, 0.05) is 31.7 Å². The number of carbonyl (C=O) groups excluding carboxylic acids is 1. The van der Waals surface area contributed by atoms with E-state index in [4.69, 9.17) is 0 Å².